The molecule has 4 rings (SSSR count). The standard InChI is InChI=1S/C26H18O2S2/c1-19-3-15-25(16-4-19)29-30-26-17-13-24(14-18-26)28-23-11-7-21(8-12-23)20-5-9-22(27-2)10-6-20/h3-7,9-11,13,15-17H,1-2H3. The van der Waals surface area contributed by atoms with Gasteiger partial charge in [-0.15, -0.1) is 0 Å². The van der Waals surface area contributed by atoms with Gasteiger partial charge in [-0.25, -0.2) is 0 Å². The van der Waals surface area contributed by atoms with Crippen LogP contribution in [-0.4, -0.2) is 7.11 Å². The van der Waals surface area contributed by atoms with Crippen molar-refractivity contribution in [2.75, 3.05) is 7.11 Å². The van der Waals surface area contributed by atoms with Crippen LogP contribution in [0.25, 0.3) is 11.1 Å². The molecule has 0 aromatic heterocycles. The van der Waals surface area contributed by atoms with E-state index < -0.39 is 0 Å². The molecule has 146 valence electrons. The zero-order valence-electron chi connectivity index (χ0n) is 16.6. The average molecular weight is 427 g/mol. The maximum atomic E-state index is 5.83. The molecule has 4 aromatic rings. The molecule has 0 saturated heterocycles. The Labute approximate surface area is 185 Å². The van der Waals surface area contributed by atoms with Crippen molar-refractivity contribution >= 4 is 21.6 Å². The van der Waals surface area contributed by atoms with Crippen molar-refractivity contribution in [3.63, 3.8) is 0 Å². The van der Waals surface area contributed by atoms with Crippen molar-refractivity contribution in [3.8, 4) is 28.4 Å². The Morgan fingerprint density at radius 3 is 1.97 bits per heavy atom. The van der Waals surface area contributed by atoms with Crippen LogP contribution in [0.15, 0.2) is 82.6 Å². The zero-order chi connectivity index (χ0) is 20.8. The molecule has 0 fully saturated rings. The van der Waals surface area contributed by atoms with E-state index >= 15 is 0 Å². The lowest BCUT2D eigenvalue weighted by Crippen LogP contribution is -1.84. The fourth-order valence-electron chi connectivity index (χ4n) is 2.64. The normalized spacial score (nSPS) is 10.1. The number of methoxy groups -OCH3 is 1. The number of ether oxygens (including phenoxy) is 2. The Bertz CT molecular complexity index is 1070. The second-order valence-corrected chi connectivity index (χ2v) is 8.73. The second-order valence-electron chi connectivity index (χ2n) is 6.48. The summed E-state index contributed by atoms with van der Waals surface area (Å²) in [5.74, 6) is 2.02. The molecule has 0 unspecified atom stereocenters. The third-order valence-electron chi connectivity index (χ3n) is 4.29. The van der Waals surface area contributed by atoms with Crippen molar-refractivity contribution in [1.82, 2.24) is 0 Å². The van der Waals surface area contributed by atoms with E-state index in [2.05, 4.69) is 55.5 Å². The van der Waals surface area contributed by atoms with Crippen LogP contribution >= 0.6 is 21.6 Å². The topological polar surface area (TPSA) is 18.5 Å². The summed E-state index contributed by atoms with van der Waals surface area (Å²) in [5.41, 5.74) is 3.25. The van der Waals surface area contributed by atoms with Gasteiger partial charge in [-0.05, 0) is 83.9 Å². The molecule has 4 aromatic carbocycles. The fraction of sp³-hybridized carbons (Fsp3) is 0.0769. The summed E-state index contributed by atoms with van der Waals surface area (Å²) in [6.45, 7) is 2.09. The van der Waals surface area contributed by atoms with E-state index in [-0.39, 0.29) is 0 Å². The largest absolute Gasteiger partial charge is 0.497 e. The molecule has 0 aliphatic heterocycles. The molecule has 0 aliphatic rings. The summed E-state index contributed by atoms with van der Waals surface area (Å²) in [7, 11) is 5.00. The molecule has 0 N–H and O–H groups in total. The molecule has 0 amide bonds. The van der Waals surface area contributed by atoms with E-state index in [0.717, 1.165) is 21.8 Å². The maximum absolute atomic E-state index is 5.83. The first-order valence-corrected chi connectivity index (χ1v) is 11.5. The first-order chi connectivity index (χ1) is 14.7. The van der Waals surface area contributed by atoms with E-state index in [9.17, 15) is 0 Å². The monoisotopic (exact) mass is 426 g/mol. The van der Waals surface area contributed by atoms with E-state index in [4.69, 9.17) is 9.47 Å². The highest BCUT2D eigenvalue weighted by Crippen LogP contribution is 2.37. The first kappa shape index (κ1) is 20.1. The van der Waals surface area contributed by atoms with Crippen molar-refractivity contribution < 1.29 is 9.47 Å². The van der Waals surface area contributed by atoms with Crippen LogP contribution in [0, 0.1) is 31.2 Å². The fourth-order valence-corrected chi connectivity index (χ4v) is 4.47. The lowest BCUT2D eigenvalue weighted by molar-refractivity contribution is 0.415. The van der Waals surface area contributed by atoms with Gasteiger partial charge in [0.25, 0.3) is 0 Å². The number of hydrogen-bond donors (Lipinski definition) is 0. The van der Waals surface area contributed by atoms with Gasteiger partial charge >= 0.3 is 0 Å². The smallest absolute Gasteiger partial charge is 0.178 e. The van der Waals surface area contributed by atoms with Gasteiger partial charge in [-0.3, -0.25) is 0 Å². The summed E-state index contributed by atoms with van der Waals surface area (Å²) < 4.78 is 11.0. The van der Waals surface area contributed by atoms with Crippen molar-refractivity contribution in [2.45, 2.75) is 16.7 Å². The van der Waals surface area contributed by atoms with Crippen LogP contribution in [0.5, 0.6) is 17.2 Å². The van der Waals surface area contributed by atoms with Gasteiger partial charge in [0.1, 0.15) is 5.75 Å². The molecule has 0 heterocycles. The Kier molecular flexibility index (Phi) is 6.40. The Hall–Kier alpha value is -3.18. The van der Waals surface area contributed by atoms with Gasteiger partial charge in [0.15, 0.2) is 11.5 Å². The van der Waals surface area contributed by atoms with Crippen molar-refractivity contribution in [3.05, 3.63) is 103 Å². The highest BCUT2D eigenvalue weighted by molar-refractivity contribution is 8.76. The highest BCUT2D eigenvalue weighted by Gasteiger charge is 2.02. The van der Waals surface area contributed by atoms with Gasteiger partial charge in [0.05, 0.1) is 12.0 Å². The predicted octanol–water partition coefficient (Wildman–Crippen LogP) is 7.46. The van der Waals surface area contributed by atoms with Gasteiger partial charge in [0, 0.05) is 10.5 Å². The highest BCUT2D eigenvalue weighted by atomic mass is 33.1. The molecule has 0 saturated carbocycles. The molecule has 2 nitrogen and oxygen atoms in total. The summed E-state index contributed by atoms with van der Waals surface area (Å²) in [5, 5.41) is 0. The van der Waals surface area contributed by atoms with Crippen LogP contribution in [0.4, 0.5) is 0 Å². The SMILES string of the molecule is COc1ccc(-c2c#cc(Oc3c#cc(SSc4ccc(C)cc4)cc3)cc2)cc1. The van der Waals surface area contributed by atoms with Gasteiger partial charge in [0.2, 0.25) is 0 Å². The van der Waals surface area contributed by atoms with E-state index in [0.29, 0.717) is 11.5 Å². The van der Waals surface area contributed by atoms with Crippen LogP contribution < -0.4 is 9.47 Å². The van der Waals surface area contributed by atoms with Crippen LogP contribution in [0.3, 0.4) is 0 Å². The number of hydrogen-bond acceptors (Lipinski definition) is 4. The first-order valence-electron chi connectivity index (χ1n) is 9.31. The molecular formula is C26H18O2S2. The Morgan fingerprint density at radius 2 is 1.37 bits per heavy atom. The molecule has 4 heteroatoms. The van der Waals surface area contributed by atoms with Gasteiger partial charge in [-0.1, -0.05) is 52.8 Å². The zero-order valence-corrected chi connectivity index (χ0v) is 18.2. The van der Waals surface area contributed by atoms with Crippen LogP contribution in [0.1, 0.15) is 5.56 Å². The molecule has 0 radical (unpaired) electrons. The molecule has 30 heavy (non-hydrogen) atoms. The summed E-state index contributed by atoms with van der Waals surface area (Å²) in [6.07, 6.45) is 0. The third-order valence-corrected chi connectivity index (χ3v) is 6.62. The molecule has 0 atom stereocenters. The van der Waals surface area contributed by atoms with Gasteiger partial charge in [-0.2, -0.15) is 0 Å². The molecule has 0 bridgehead atoms. The Balaban J connectivity index is 1.35. The number of aryl methyl sites for hydroxylation is 1. The summed E-state index contributed by atoms with van der Waals surface area (Å²) in [6, 6.07) is 36.4. The average Bonchev–Trinajstić information content (AvgIpc) is 2.80. The van der Waals surface area contributed by atoms with Crippen molar-refractivity contribution in [2.24, 2.45) is 0 Å². The molecular weight excluding hydrogens is 408 g/mol. The minimum Gasteiger partial charge on any atom is -0.497 e. The maximum Gasteiger partial charge on any atom is 0.178 e. The van der Waals surface area contributed by atoms with Gasteiger partial charge < -0.3 is 9.47 Å². The van der Waals surface area contributed by atoms with Crippen LogP contribution in [-0.2, 0) is 0 Å². The molecule has 0 spiro atoms. The lowest BCUT2D eigenvalue weighted by atomic mass is 10.1. The van der Waals surface area contributed by atoms with Crippen LogP contribution in [0.2, 0.25) is 0 Å². The second kappa shape index (κ2) is 9.55. The van der Waals surface area contributed by atoms with E-state index in [1.807, 2.05) is 48.5 Å². The minimum absolute atomic E-state index is 0.589. The van der Waals surface area contributed by atoms with Crippen molar-refractivity contribution in [1.29, 1.82) is 0 Å². The predicted molar refractivity (Wildman–Crippen MR) is 123 cm³/mol. The van der Waals surface area contributed by atoms with E-state index in [1.54, 1.807) is 28.7 Å². The Morgan fingerprint density at radius 1 is 0.667 bits per heavy atom. The third kappa shape index (κ3) is 5.24. The molecule has 0 aliphatic carbocycles. The number of benzene rings is 2. The summed E-state index contributed by atoms with van der Waals surface area (Å²) in [4.78, 5) is 2.21. The number of rotatable bonds is 7. The lowest BCUT2D eigenvalue weighted by Gasteiger charge is -2.04. The quantitative estimate of drug-likeness (QED) is 0.285. The summed E-state index contributed by atoms with van der Waals surface area (Å²) >= 11 is 0. The minimum atomic E-state index is 0.589. The van der Waals surface area contributed by atoms with E-state index in [1.165, 1.54) is 10.5 Å².